The van der Waals surface area contributed by atoms with Crippen LogP contribution in [-0.2, 0) is 9.36 Å². The van der Waals surface area contributed by atoms with Gasteiger partial charge in [-0.2, -0.15) is 0 Å². The number of hydrogen-bond acceptors (Lipinski definition) is 4. The summed E-state index contributed by atoms with van der Waals surface area (Å²) in [5, 5.41) is 0. The van der Waals surface area contributed by atoms with E-state index in [1.54, 1.807) is 0 Å². The Balaban J connectivity index is -0.0000000286. The Hall–Kier alpha value is 1.78. The summed E-state index contributed by atoms with van der Waals surface area (Å²) in [5.41, 5.74) is 0. The quantitative estimate of drug-likeness (QED) is 0.289. The summed E-state index contributed by atoms with van der Waals surface area (Å²) in [5.74, 6) is 0. The van der Waals surface area contributed by atoms with E-state index in [0.29, 0.717) is 0 Å². The minimum atomic E-state index is -5.14. The van der Waals surface area contributed by atoms with E-state index in [1.165, 1.54) is 0 Å². The van der Waals surface area contributed by atoms with Crippen LogP contribution in [0.25, 0.3) is 0 Å². The van der Waals surface area contributed by atoms with Gasteiger partial charge in [-0.15, -0.1) is 0 Å². The molecule has 0 aliphatic carbocycles. The van der Waals surface area contributed by atoms with Crippen LogP contribution in [0.5, 0.6) is 0 Å². The van der Waals surface area contributed by atoms with Crippen molar-refractivity contribution in [2.75, 3.05) is 0 Å². The fourth-order valence-corrected chi connectivity index (χ4v) is 0. The maximum Gasteiger partial charge on any atom is 1.00 e. The zero-order valence-electron chi connectivity index (χ0n) is 5.23. The van der Waals surface area contributed by atoms with Crippen LogP contribution >= 0.6 is 7.82 Å². The fraction of sp³-hybridized carbons (Fsp3) is 0. The molecule has 0 fully saturated rings. The Kier molecular flexibility index (Phi) is 31.0. The zero-order chi connectivity index (χ0) is 6.50. The predicted molar refractivity (Wildman–Crippen MR) is 16.9 cm³/mol. The van der Waals surface area contributed by atoms with E-state index in [1.807, 2.05) is 6.79 Å². The molecule has 0 unspecified atom stereocenters. The van der Waals surface area contributed by atoms with Gasteiger partial charge in [0.05, 0.1) is 7.82 Å². The van der Waals surface area contributed by atoms with E-state index in [2.05, 4.69) is 0 Å². The van der Waals surface area contributed by atoms with Crippen molar-refractivity contribution in [1.82, 2.24) is 0 Å². The van der Waals surface area contributed by atoms with Gasteiger partial charge in [0.15, 0.2) is 0 Å². The second-order valence-electron chi connectivity index (χ2n) is 0.469. The van der Waals surface area contributed by atoms with E-state index >= 15 is 0 Å². The Morgan fingerprint density at radius 3 is 1.22 bits per heavy atom. The minimum Gasteiger partial charge on any atom is -0.790 e. The molecule has 0 saturated carbocycles. The minimum absolute atomic E-state index is 0. The average Bonchev–Trinajstić information content (AvgIpc) is 1.36. The number of carbonyl (C=O) groups excluding carboxylic acids is 1. The van der Waals surface area contributed by atoms with E-state index in [9.17, 15) is 0 Å². The number of carbonyl (C=O) groups is 1. The van der Waals surface area contributed by atoms with Gasteiger partial charge >= 0.3 is 59.1 Å². The van der Waals surface area contributed by atoms with Gasteiger partial charge in [0.1, 0.15) is 6.79 Å². The largest absolute Gasteiger partial charge is 1.00 e. The molecule has 0 heterocycles. The van der Waals surface area contributed by atoms with Crippen molar-refractivity contribution in [2.24, 2.45) is 0 Å². The summed E-state index contributed by atoms with van der Waals surface area (Å²) >= 11 is 0. The smallest absolute Gasteiger partial charge is 0.790 e. The van der Waals surface area contributed by atoms with E-state index in [-0.39, 0.29) is 59.1 Å². The Labute approximate surface area is 96.7 Å². The molecular formula is CH3Na2O5P. The number of hydrogen-bond donors (Lipinski definition) is 1. The molecule has 0 aromatic carbocycles. The third-order valence-corrected chi connectivity index (χ3v) is 0. The first kappa shape index (κ1) is 22.4. The summed E-state index contributed by atoms with van der Waals surface area (Å²) in [6.07, 6.45) is 0. The van der Waals surface area contributed by atoms with Crippen LogP contribution in [0.4, 0.5) is 0 Å². The molecule has 44 valence electrons. The van der Waals surface area contributed by atoms with Crippen LogP contribution in [-0.4, -0.2) is 11.7 Å². The van der Waals surface area contributed by atoms with Crippen LogP contribution < -0.4 is 68.9 Å². The Morgan fingerprint density at radius 1 is 1.22 bits per heavy atom. The van der Waals surface area contributed by atoms with Gasteiger partial charge in [-0.3, -0.25) is 0 Å². The Bertz CT molecular complexity index is 70.8. The SMILES string of the molecule is C=O.O=P([O-])([O-])O.[Na+].[Na+]. The molecule has 0 bridgehead atoms. The van der Waals surface area contributed by atoms with Crippen molar-refractivity contribution in [3.05, 3.63) is 0 Å². The molecule has 0 saturated heterocycles. The van der Waals surface area contributed by atoms with Crippen LogP contribution in [0.3, 0.4) is 0 Å². The van der Waals surface area contributed by atoms with Crippen molar-refractivity contribution >= 4 is 14.6 Å². The molecule has 8 heteroatoms. The molecule has 9 heavy (non-hydrogen) atoms. The topological polar surface area (TPSA) is 100 Å². The number of phosphoric acid groups is 1. The van der Waals surface area contributed by atoms with Gasteiger partial charge < -0.3 is 24.0 Å². The maximum atomic E-state index is 8.66. The summed E-state index contributed by atoms with van der Waals surface area (Å²) in [6, 6.07) is 0. The van der Waals surface area contributed by atoms with Gasteiger partial charge in [-0.25, -0.2) is 0 Å². The Morgan fingerprint density at radius 2 is 1.22 bits per heavy atom. The third-order valence-electron chi connectivity index (χ3n) is 0. The molecule has 0 atom stereocenters. The van der Waals surface area contributed by atoms with Gasteiger partial charge in [0.25, 0.3) is 0 Å². The van der Waals surface area contributed by atoms with Crippen LogP contribution in [0.15, 0.2) is 0 Å². The second kappa shape index (κ2) is 12.5. The van der Waals surface area contributed by atoms with Crippen molar-refractivity contribution < 1.29 is 83.2 Å². The molecule has 1 N–H and O–H groups in total. The first-order valence-corrected chi connectivity index (χ1v) is 2.53. The first-order chi connectivity index (χ1) is 3.00. The van der Waals surface area contributed by atoms with Crippen LogP contribution in [0.1, 0.15) is 0 Å². The molecule has 0 radical (unpaired) electrons. The predicted octanol–water partition coefficient (Wildman–Crippen LogP) is -8.37. The second-order valence-corrected chi connectivity index (χ2v) is 1.41. The van der Waals surface area contributed by atoms with Crippen molar-refractivity contribution in [3.8, 4) is 0 Å². The molecule has 0 aliphatic rings. The number of rotatable bonds is 0. The normalized spacial score (nSPS) is 7.00. The van der Waals surface area contributed by atoms with E-state index in [0.717, 1.165) is 0 Å². The molecule has 0 aromatic rings. The molecule has 0 amide bonds. The van der Waals surface area contributed by atoms with Crippen molar-refractivity contribution in [3.63, 3.8) is 0 Å². The van der Waals surface area contributed by atoms with Crippen molar-refractivity contribution in [2.45, 2.75) is 0 Å². The summed E-state index contributed by atoms with van der Waals surface area (Å²) < 4.78 is 8.66. The molecule has 0 rings (SSSR count). The van der Waals surface area contributed by atoms with Crippen LogP contribution in [0.2, 0.25) is 0 Å². The average molecular weight is 172 g/mol. The van der Waals surface area contributed by atoms with E-state index < -0.39 is 7.82 Å². The monoisotopic (exact) mass is 172 g/mol. The molecule has 5 nitrogen and oxygen atoms in total. The molecule has 0 aromatic heterocycles. The van der Waals surface area contributed by atoms with Gasteiger partial charge in [-0.05, 0) is 0 Å². The summed E-state index contributed by atoms with van der Waals surface area (Å²) in [4.78, 5) is 32.3. The zero-order valence-corrected chi connectivity index (χ0v) is 10.1. The van der Waals surface area contributed by atoms with Gasteiger partial charge in [0, 0.05) is 0 Å². The third kappa shape index (κ3) is 187. The van der Waals surface area contributed by atoms with Gasteiger partial charge in [0.2, 0.25) is 0 Å². The first-order valence-electron chi connectivity index (χ1n) is 1.04. The summed E-state index contributed by atoms with van der Waals surface area (Å²) in [6.45, 7) is 2.00. The maximum absolute atomic E-state index is 8.66. The molecule has 0 spiro atoms. The summed E-state index contributed by atoms with van der Waals surface area (Å²) in [7, 11) is -5.14. The molecular weight excluding hydrogens is 169 g/mol. The standard InChI is InChI=1S/CH2O.2Na.H3O4P/c1-2;;;1-5(2,3)4/h1H2;;;(H3,1,2,3,4)/q;2*+1;/p-2. The van der Waals surface area contributed by atoms with Gasteiger partial charge in [-0.1, -0.05) is 0 Å². The fourth-order valence-electron chi connectivity index (χ4n) is 0. The molecule has 0 aliphatic heterocycles. The van der Waals surface area contributed by atoms with Crippen LogP contribution in [0, 0.1) is 0 Å². The van der Waals surface area contributed by atoms with Crippen molar-refractivity contribution in [1.29, 1.82) is 0 Å². The van der Waals surface area contributed by atoms with E-state index in [4.69, 9.17) is 24.0 Å².